The predicted octanol–water partition coefficient (Wildman–Crippen LogP) is 0.852. The van der Waals surface area contributed by atoms with Crippen LogP contribution in [0.2, 0.25) is 0 Å². The Balaban J connectivity index is 1.95. The zero-order valence-corrected chi connectivity index (χ0v) is 11.8. The van der Waals surface area contributed by atoms with E-state index in [1.165, 1.54) is 0 Å². The number of nitrogens with one attached hydrogen (secondary N) is 1. The van der Waals surface area contributed by atoms with Crippen LogP contribution in [0.15, 0.2) is 4.99 Å². The average molecular weight is 269 g/mol. The number of aliphatic imine (C=N–C) groups is 1. The number of carbonyl (C=O) groups is 2. The fraction of sp³-hybridized carbons (Fsp3) is 0.750. The van der Waals surface area contributed by atoms with Crippen molar-refractivity contribution in [2.45, 2.75) is 32.7 Å². The monoisotopic (exact) mass is 269 g/mol. The highest BCUT2D eigenvalue weighted by molar-refractivity contribution is 8.14. The topological polar surface area (TPSA) is 61.8 Å². The lowest BCUT2D eigenvalue weighted by Crippen LogP contribution is -2.43. The van der Waals surface area contributed by atoms with Gasteiger partial charge in [-0.3, -0.25) is 14.6 Å². The summed E-state index contributed by atoms with van der Waals surface area (Å²) in [6.45, 7) is 7.23. The van der Waals surface area contributed by atoms with E-state index in [-0.39, 0.29) is 23.3 Å². The second-order valence-electron chi connectivity index (χ2n) is 5.60. The van der Waals surface area contributed by atoms with E-state index < -0.39 is 0 Å². The summed E-state index contributed by atoms with van der Waals surface area (Å²) in [4.78, 5) is 29.9. The first kappa shape index (κ1) is 13.4. The summed E-state index contributed by atoms with van der Waals surface area (Å²) < 4.78 is 0. The average Bonchev–Trinajstić information content (AvgIpc) is 2.85. The fourth-order valence-corrected chi connectivity index (χ4v) is 2.88. The van der Waals surface area contributed by atoms with Crippen LogP contribution < -0.4 is 5.32 Å². The van der Waals surface area contributed by atoms with Gasteiger partial charge in [0.15, 0.2) is 5.17 Å². The lowest BCUT2D eigenvalue weighted by molar-refractivity contribution is -0.131. The van der Waals surface area contributed by atoms with E-state index >= 15 is 0 Å². The number of amides is 2. The van der Waals surface area contributed by atoms with Crippen LogP contribution in [0.5, 0.6) is 0 Å². The molecule has 1 atom stereocenters. The molecule has 1 N–H and O–H groups in total. The number of carbonyl (C=O) groups excluding carboxylic acids is 2. The molecule has 1 saturated heterocycles. The predicted molar refractivity (Wildman–Crippen MR) is 72.5 cm³/mol. The maximum absolute atomic E-state index is 12.0. The quantitative estimate of drug-likeness (QED) is 0.768. The van der Waals surface area contributed by atoms with Gasteiger partial charge in [-0.2, -0.15) is 0 Å². The van der Waals surface area contributed by atoms with Gasteiger partial charge in [0.1, 0.15) is 0 Å². The Morgan fingerprint density at radius 2 is 2.22 bits per heavy atom. The lowest BCUT2D eigenvalue weighted by atomic mass is 10.1. The molecule has 2 amide bonds. The molecule has 0 aromatic carbocycles. The molecule has 6 heteroatoms. The van der Waals surface area contributed by atoms with Crippen LogP contribution in [0.3, 0.4) is 0 Å². The van der Waals surface area contributed by atoms with Crippen LogP contribution >= 0.6 is 11.8 Å². The number of likely N-dealkylation sites (tertiary alicyclic amines) is 1. The van der Waals surface area contributed by atoms with Gasteiger partial charge in [0.25, 0.3) is 0 Å². The van der Waals surface area contributed by atoms with Crippen molar-refractivity contribution >= 4 is 28.7 Å². The number of hydrogen-bond acceptors (Lipinski definition) is 4. The SMILES string of the molecule is CC(C)(C)N1CC(C(=O)NC2=NCCS2)CC1=O. The molecule has 100 valence electrons. The molecular weight excluding hydrogens is 250 g/mol. The molecule has 1 fully saturated rings. The minimum absolute atomic E-state index is 0.0589. The van der Waals surface area contributed by atoms with Crippen molar-refractivity contribution in [1.29, 1.82) is 0 Å². The van der Waals surface area contributed by atoms with E-state index in [1.807, 2.05) is 20.8 Å². The summed E-state index contributed by atoms with van der Waals surface area (Å²) >= 11 is 1.56. The number of nitrogens with zero attached hydrogens (tertiary/aromatic N) is 2. The first-order chi connectivity index (χ1) is 8.38. The molecule has 1 unspecified atom stereocenters. The van der Waals surface area contributed by atoms with E-state index in [1.54, 1.807) is 16.7 Å². The first-order valence-electron chi connectivity index (χ1n) is 6.16. The van der Waals surface area contributed by atoms with Gasteiger partial charge in [0.2, 0.25) is 11.8 Å². The molecule has 2 rings (SSSR count). The van der Waals surface area contributed by atoms with Gasteiger partial charge in [-0.1, -0.05) is 11.8 Å². The highest BCUT2D eigenvalue weighted by atomic mass is 32.2. The summed E-state index contributed by atoms with van der Waals surface area (Å²) in [5.41, 5.74) is -0.217. The molecule has 0 spiro atoms. The molecule has 18 heavy (non-hydrogen) atoms. The zero-order chi connectivity index (χ0) is 13.3. The Bertz CT molecular complexity index is 401. The number of rotatable bonds is 1. The second-order valence-corrected chi connectivity index (χ2v) is 6.68. The van der Waals surface area contributed by atoms with Crippen molar-refractivity contribution in [1.82, 2.24) is 10.2 Å². The highest BCUT2D eigenvalue weighted by Crippen LogP contribution is 2.26. The van der Waals surface area contributed by atoms with E-state index in [0.717, 1.165) is 12.3 Å². The van der Waals surface area contributed by atoms with Gasteiger partial charge in [-0.05, 0) is 20.8 Å². The third kappa shape index (κ3) is 2.85. The molecular formula is C12H19N3O2S. The molecule has 0 bridgehead atoms. The third-order valence-corrected chi connectivity index (χ3v) is 4.01. The molecule has 0 aromatic heterocycles. The minimum atomic E-state index is -0.249. The Labute approximate surface area is 111 Å². The summed E-state index contributed by atoms with van der Waals surface area (Å²) in [6, 6.07) is 0. The zero-order valence-electron chi connectivity index (χ0n) is 11.0. The number of amidine groups is 1. The molecule has 0 aliphatic carbocycles. The summed E-state index contributed by atoms with van der Waals surface area (Å²) in [6.07, 6.45) is 0.307. The largest absolute Gasteiger partial charge is 0.337 e. The Hall–Kier alpha value is -1.04. The van der Waals surface area contributed by atoms with Crippen molar-refractivity contribution in [2.24, 2.45) is 10.9 Å². The lowest BCUT2D eigenvalue weighted by Gasteiger charge is -2.31. The van der Waals surface area contributed by atoms with Crippen LogP contribution in [0.4, 0.5) is 0 Å². The van der Waals surface area contributed by atoms with Gasteiger partial charge < -0.3 is 10.2 Å². The van der Waals surface area contributed by atoms with Crippen molar-refractivity contribution in [3.63, 3.8) is 0 Å². The summed E-state index contributed by atoms with van der Waals surface area (Å²) in [7, 11) is 0. The number of thioether (sulfide) groups is 1. The van der Waals surface area contributed by atoms with E-state index in [9.17, 15) is 9.59 Å². The summed E-state index contributed by atoms with van der Waals surface area (Å²) in [5.74, 6) is 0.653. The Morgan fingerprint density at radius 1 is 1.50 bits per heavy atom. The molecule has 0 aromatic rings. The number of hydrogen-bond donors (Lipinski definition) is 1. The third-order valence-electron chi connectivity index (χ3n) is 3.12. The van der Waals surface area contributed by atoms with Gasteiger partial charge in [0.05, 0.1) is 12.5 Å². The van der Waals surface area contributed by atoms with Crippen molar-refractivity contribution in [3.8, 4) is 0 Å². The van der Waals surface area contributed by atoms with Gasteiger partial charge in [-0.15, -0.1) is 0 Å². The second kappa shape index (κ2) is 4.91. The summed E-state index contributed by atoms with van der Waals surface area (Å²) in [5, 5.41) is 3.50. The highest BCUT2D eigenvalue weighted by Gasteiger charge is 2.39. The molecule has 2 heterocycles. The maximum Gasteiger partial charge on any atom is 0.231 e. The Kier molecular flexibility index (Phi) is 3.66. The van der Waals surface area contributed by atoms with Crippen LogP contribution in [-0.2, 0) is 9.59 Å². The fourth-order valence-electron chi connectivity index (χ4n) is 2.15. The van der Waals surface area contributed by atoms with Crippen LogP contribution in [0.25, 0.3) is 0 Å². The molecule has 2 aliphatic rings. The van der Waals surface area contributed by atoms with Crippen molar-refractivity contribution in [2.75, 3.05) is 18.8 Å². The molecule has 2 aliphatic heterocycles. The van der Waals surface area contributed by atoms with Crippen LogP contribution in [0.1, 0.15) is 27.2 Å². The van der Waals surface area contributed by atoms with E-state index in [4.69, 9.17) is 0 Å². The standard InChI is InChI=1S/C12H19N3O2S/c1-12(2,3)15-7-8(6-9(15)16)10(17)14-11-13-4-5-18-11/h8H,4-7H2,1-3H3,(H,13,14,17). The maximum atomic E-state index is 12.0. The minimum Gasteiger partial charge on any atom is -0.337 e. The van der Waals surface area contributed by atoms with Crippen LogP contribution in [0, 0.1) is 5.92 Å². The van der Waals surface area contributed by atoms with Crippen molar-refractivity contribution < 1.29 is 9.59 Å². The van der Waals surface area contributed by atoms with Gasteiger partial charge >= 0.3 is 0 Å². The van der Waals surface area contributed by atoms with Crippen molar-refractivity contribution in [3.05, 3.63) is 0 Å². The van der Waals surface area contributed by atoms with Gasteiger partial charge in [0, 0.05) is 24.3 Å². The smallest absolute Gasteiger partial charge is 0.231 e. The molecule has 0 radical (unpaired) electrons. The molecule has 0 saturated carbocycles. The van der Waals surface area contributed by atoms with E-state index in [2.05, 4.69) is 10.3 Å². The Morgan fingerprint density at radius 3 is 2.72 bits per heavy atom. The van der Waals surface area contributed by atoms with Crippen LogP contribution in [-0.4, -0.2) is 46.3 Å². The first-order valence-corrected chi connectivity index (χ1v) is 7.15. The normalized spacial score (nSPS) is 24.4. The van der Waals surface area contributed by atoms with E-state index in [0.29, 0.717) is 18.1 Å². The van der Waals surface area contributed by atoms with Gasteiger partial charge in [-0.25, -0.2) is 0 Å². The molecule has 5 nitrogen and oxygen atoms in total.